The molecule has 0 spiro atoms. The van der Waals surface area contributed by atoms with Gasteiger partial charge in [0.15, 0.2) is 0 Å². The Kier molecular flexibility index (Phi) is 10.5. The molecule has 0 aliphatic carbocycles. The first-order valence-corrected chi connectivity index (χ1v) is 19.4. The number of imidazole rings is 1. The third kappa shape index (κ3) is 8.48. The fraction of sp³-hybridized carbons (Fsp3) is 0.208. The predicted molar refractivity (Wildman–Crippen MR) is 238 cm³/mol. The van der Waals surface area contributed by atoms with Gasteiger partial charge in [-0.05, 0) is 86.1 Å². The molecule has 4 nitrogen and oxygen atoms in total. The number of hydrogen-bond acceptors (Lipinski definition) is 3. The van der Waals surface area contributed by atoms with E-state index in [2.05, 4.69) is 52.4 Å². The molecule has 0 N–H and O–H groups in total. The van der Waals surface area contributed by atoms with E-state index in [0.717, 1.165) is 77.9 Å². The van der Waals surface area contributed by atoms with Gasteiger partial charge in [0.2, 0.25) is 0 Å². The molecule has 293 valence electrons. The largest absolute Gasteiger partial charge is 0.501 e. The quantitative estimate of drug-likeness (QED) is 0.150. The number of hydrogen-bond donors (Lipinski definition) is 0. The summed E-state index contributed by atoms with van der Waals surface area (Å²) in [4.78, 5) is 9.17. The van der Waals surface area contributed by atoms with Crippen LogP contribution in [0.25, 0.3) is 72.2 Å². The summed E-state index contributed by atoms with van der Waals surface area (Å²) in [5, 5.41) is 4.46. The number of pyridine rings is 1. The normalized spacial score (nSPS) is 13.2. The van der Waals surface area contributed by atoms with E-state index < -0.39 is 23.6 Å². The van der Waals surface area contributed by atoms with E-state index in [1.165, 1.54) is 5.39 Å². The van der Waals surface area contributed by atoms with Crippen molar-refractivity contribution in [3.8, 4) is 39.5 Å². The molecule has 0 saturated heterocycles. The van der Waals surface area contributed by atoms with Crippen molar-refractivity contribution >= 4 is 32.7 Å². The molecule has 0 atom stereocenters. The Bertz CT molecular complexity index is 2980. The number of furan rings is 1. The number of rotatable bonds is 7. The van der Waals surface area contributed by atoms with Gasteiger partial charge in [-0.3, -0.25) is 4.98 Å². The molecule has 0 fully saturated rings. The molecule has 0 aliphatic rings. The van der Waals surface area contributed by atoms with E-state index >= 15 is 0 Å². The van der Waals surface area contributed by atoms with Gasteiger partial charge >= 0.3 is 0 Å². The number of nitrogens with zero attached hydrogens (tertiary/aromatic N) is 3. The Balaban J connectivity index is 0.000000196. The Hall–Kier alpha value is -5.61. The topological polar surface area (TPSA) is 43.9 Å². The van der Waals surface area contributed by atoms with Crippen molar-refractivity contribution in [3.05, 3.63) is 175 Å². The fourth-order valence-electron chi connectivity index (χ4n) is 7.37. The molecule has 0 bridgehead atoms. The molecule has 3 aromatic heterocycles. The van der Waals surface area contributed by atoms with Crippen LogP contribution in [0.3, 0.4) is 0 Å². The second-order valence-electron chi connectivity index (χ2n) is 15.9. The standard InChI is InChI=1S/C32H26NO.C21H23N2.Ir/c1-32(2,3)20-21-11-13-22(14-12-21)25-15-16-33-29(18-25)27-10-6-9-26-28-17-23-7-4-5-8-24(23)19-30(28)34-31(26)27;1-15(2)18-11-8-12-19(16(3)4)20(18)23-14-13-22-21(23)17-9-6-5-7-10-17;/h4-9,11-19H,20H2,1-3H3;5-9,11-16H,1-4H3;/q2*-1;/i20D2;15D,16D;. The predicted octanol–water partition coefficient (Wildman–Crippen LogP) is 14.4. The van der Waals surface area contributed by atoms with Gasteiger partial charge in [0.25, 0.3) is 0 Å². The van der Waals surface area contributed by atoms with Crippen LogP contribution in [0, 0.1) is 17.5 Å². The average Bonchev–Trinajstić information content (AvgIpc) is 3.87. The van der Waals surface area contributed by atoms with E-state index in [1.807, 2.05) is 156 Å². The van der Waals surface area contributed by atoms with Gasteiger partial charge in [0.05, 0.1) is 11.4 Å². The molecule has 9 aromatic rings. The maximum atomic E-state index is 8.59. The van der Waals surface area contributed by atoms with Crippen molar-refractivity contribution in [1.82, 2.24) is 14.5 Å². The molecule has 5 heteroatoms. The molecule has 0 saturated carbocycles. The van der Waals surface area contributed by atoms with Gasteiger partial charge in [-0.15, -0.1) is 54.1 Å². The van der Waals surface area contributed by atoms with Gasteiger partial charge in [-0.2, -0.15) is 0 Å². The molecule has 0 unspecified atom stereocenters. The van der Waals surface area contributed by atoms with Gasteiger partial charge in [-0.1, -0.05) is 132 Å². The van der Waals surface area contributed by atoms with Crippen molar-refractivity contribution in [3.63, 3.8) is 0 Å². The minimum atomic E-state index is -1.42. The van der Waals surface area contributed by atoms with Crippen LogP contribution in [0.5, 0.6) is 0 Å². The summed E-state index contributed by atoms with van der Waals surface area (Å²) in [5.74, 6) is -0.820. The summed E-state index contributed by atoms with van der Waals surface area (Å²) < 4.78 is 42.6. The number of benzene rings is 6. The summed E-state index contributed by atoms with van der Waals surface area (Å²) in [7, 11) is 0. The molecule has 0 aliphatic heterocycles. The zero-order valence-electron chi connectivity index (χ0n) is 37.9. The molecular formula is C53H49IrN3O-2. The van der Waals surface area contributed by atoms with Gasteiger partial charge in [-0.25, -0.2) is 0 Å². The minimum Gasteiger partial charge on any atom is -0.501 e. The molecular weight excluding hydrogens is 887 g/mol. The van der Waals surface area contributed by atoms with E-state index in [4.69, 9.17) is 9.90 Å². The fourth-order valence-corrected chi connectivity index (χ4v) is 7.37. The van der Waals surface area contributed by atoms with Crippen LogP contribution in [0.1, 0.15) is 82.4 Å². The molecule has 6 aromatic carbocycles. The SMILES string of the molecule is [2H]C(C)(C)c1cccc(C([2H])(C)C)c1-n1ccnc1-c1[c-]cccc1.[2H]C([2H])(c1ccc(-c2ccnc(-c3[c-]ccc4c3oc3cc5ccccc5cc34)c2)cc1)C(C)(C)C.[Ir]. The second kappa shape index (κ2) is 17.1. The molecule has 3 heterocycles. The minimum absolute atomic E-state index is 0. The molecule has 1 radical (unpaired) electrons. The van der Waals surface area contributed by atoms with Gasteiger partial charge in [0.1, 0.15) is 5.58 Å². The van der Waals surface area contributed by atoms with Crippen LogP contribution in [-0.4, -0.2) is 14.5 Å². The average molecular weight is 940 g/mol. The second-order valence-corrected chi connectivity index (χ2v) is 15.9. The van der Waals surface area contributed by atoms with Crippen LogP contribution in [0.15, 0.2) is 150 Å². The zero-order valence-corrected chi connectivity index (χ0v) is 36.3. The Labute approximate surface area is 362 Å². The van der Waals surface area contributed by atoms with E-state index in [-0.39, 0.29) is 20.1 Å². The summed E-state index contributed by atoms with van der Waals surface area (Å²) in [6, 6.07) is 48.5. The third-order valence-corrected chi connectivity index (χ3v) is 10.00. The molecule has 9 rings (SSSR count). The van der Waals surface area contributed by atoms with Crippen LogP contribution < -0.4 is 0 Å². The Morgan fingerprint density at radius 3 is 2.09 bits per heavy atom. The van der Waals surface area contributed by atoms with Crippen molar-refractivity contribution in [2.75, 3.05) is 0 Å². The van der Waals surface area contributed by atoms with Crippen molar-refractivity contribution < 1.29 is 30.0 Å². The summed E-state index contributed by atoms with van der Waals surface area (Å²) in [6.07, 6.45) is 4.03. The number of aromatic nitrogens is 3. The molecule has 0 amide bonds. The third-order valence-electron chi connectivity index (χ3n) is 10.00. The van der Waals surface area contributed by atoms with Gasteiger partial charge < -0.3 is 14.0 Å². The Morgan fingerprint density at radius 2 is 1.41 bits per heavy atom. The maximum Gasteiger partial charge on any atom is 0.121 e. The Morgan fingerprint density at radius 1 is 0.707 bits per heavy atom. The summed E-state index contributed by atoms with van der Waals surface area (Å²) in [5.41, 5.74) is 8.96. The first-order chi connectivity index (χ1) is 28.9. The van der Waals surface area contributed by atoms with Crippen molar-refractivity contribution in [2.45, 2.75) is 66.6 Å². The summed E-state index contributed by atoms with van der Waals surface area (Å²) >= 11 is 0. The van der Waals surface area contributed by atoms with Crippen LogP contribution >= 0.6 is 0 Å². The maximum absolute atomic E-state index is 8.59. The molecule has 58 heavy (non-hydrogen) atoms. The monoisotopic (exact) mass is 940 g/mol. The first-order valence-electron chi connectivity index (χ1n) is 21.4. The van der Waals surface area contributed by atoms with E-state index in [0.29, 0.717) is 5.56 Å². The number of para-hydroxylation sites is 1. The smallest absolute Gasteiger partial charge is 0.121 e. The van der Waals surface area contributed by atoms with Crippen LogP contribution in [0.4, 0.5) is 0 Å². The van der Waals surface area contributed by atoms with Crippen LogP contribution in [-0.2, 0) is 26.5 Å². The van der Waals surface area contributed by atoms with E-state index in [9.17, 15) is 0 Å². The van der Waals surface area contributed by atoms with E-state index in [1.54, 1.807) is 12.4 Å². The van der Waals surface area contributed by atoms with Crippen molar-refractivity contribution in [1.29, 1.82) is 0 Å². The van der Waals surface area contributed by atoms with Crippen molar-refractivity contribution in [2.24, 2.45) is 5.41 Å². The van der Waals surface area contributed by atoms with Crippen LogP contribution in [0.2, 0.25) is 0 Å². The first kappa shape index (κ1) is 35.5. The number of fused-ring (bicyclic) bond motifs is 4. The zero-order chi connectivity index (χ0) is 43.3. The van der Waals surface area contributed by atoms with Gasteiger partial charge in [0, 0.05) is 55.3 Å². The summed E-state index contributed by atoms with van der Waals surface area (Å²) in [6.45, 7) is 13.3.